The van der Waals surface area contributed by atoms with Crippen molar-refractivity contribution in [2.75, 3.05) is 0 Å². The first kappa shape index (κ1) is 22.6. The Labute approximate surface area is 195 Å². The number of ketones is 1. The predicted molar refractivity (Wildman–Crippen MR) is 138 cm³/mol. The second-order valence-corrected chi connectivity index (χ2v) is 8.42. The summed E-state index contributed by atoms with van der Waals surface area (Å²) in [5, 5.41) is 11.9. The molecule has 4 rings (SSSR count). The van der Waals surface area contributed by atoms with E-state index in [1.165, 1.54) is 0 Å². The fourth-order valence-electron chi connectivity index (χ4n) is 4.61. The van der Waals surface area contributed by atoms with Crippen LogP contribution in [0.15, 0.2) is 54.6 Å². The quantitative estimate of drug-likeness (QED) is 0.248. The lowest BCUT2D eigenvalue weighted by molar-refractivity contribution is 0.0970. The standard InChI is InChI=1S/C30H30N2O/c1-4-6-7-15-27(31)22-17-18-29-25(19-22)26-20-23(13-9-11-16-28(26)32(29)5-2)30(33)24-14-10-8-12-21(24)3/h8-10,12-14,16-20,23,31H,5,7,11,15H2,1-3H3/b13-9?,26-20-,28-16+,31-27?. The fourth-order valence-corrected chi connectivity index (χ4v) is 4.61. The summed E-state index contributed by atoms with van der Waals surface area (Å²) < 4.78 is 2.31. The van der Waals surface area contributed by atoms with Gasteiger partial charge >= 0.3 is 0 Å². The first-order valence-electron chi connectivity index (χ1n) is 11.6. The molecule has 3 nitrogen and oxygen atoms in total. The Hall–Kier alpha value is -3.64. The first-order chi connectivity index (χ1) is 16.0. The molecule has 166 valence electrons. The Morgan fingerprint density at radius 2 is 2.03 bits per heavy atom. The van der Waals surface area contributed by atoms with Crippen molar-refractivity contribution in [1.29, 1.82) is 5.41 Å². The van der Waals surface area contributed by atoms with Gasteiger partial charge in [0.2, 0.25) is 0 Å². The number of nitrogens with zero attached hydrogens (tertiary/aromatic N) is 1. The van der Waals surface area contributed by atoms with E-state index < -0.39 is 0 Å². The topological polar surface area (TPSA) is 45.9 Å². The zero-order valence-electron chi connectivity index (χ0n) is 19.6. The van der Waals surface area contributed by atoms with Gasteiger partial charge in [-0.3, -0.25) is 4.79 Å². The monoisotopic (exact) mass is 434 g/mol. The van der Waals surface area contributed by atoms with Gasteiger partial charge in [-0.2, -0.15) is 0 Å². The highest BCUT2D eigenvalue weighted by molar-refractivity contribution is 6.04. The summed E-state index contributed by atoms with van der Waals surface area (Å²) in [5.41, 5.74) is 4.43. The van der Waals surface area contributed by atoms with Gasteiger partial charge in [0.15, 0.2) is 5.78 Å². The van der Waals surface area contributed by atoms with Crippen molar-refractivity contribution in [2.45, 2.75) is 46.6 Å². The average Bonchev–Trinajstić information content (AvgIpc) is 3.09. The Bertz CT molecular complexity index is 1440. The highest BCUT2D eigenvalue weighted by Gasteiger charge is 2.19. The third-order valence-electron chi connectivity index (χ3n) is 6.34. The number of carbonyl (C=O) groups excluding carboxylic acids is 1. The Kier molecular flexibility index (Phi) is 6.75. The third kappa shape index (κ3) is 4.47. The van der Waals surface area contributed by atoms with Crippen LogP contribution in [0.5, 0.6) is 0 Å². The molecule has 1 atom stereocenters. The minimum atomic E-state index is -0.322. The van der Waals surface area contributed by atoms with Crippen LogP contribution in [0.3, 0.4) is 0 Å². The number of allylic oxidation sites excluding steroid dienone is 2. The zero-order chi connectivity index (χ0) is 23.4. The summed E-state index contributed by atoms with van der Waals surface area (Å²) in [6, 6.07) is 14.1. The average molecular weight is 435 g/mol. The van der Waals surface area contributed by atoms with Crippen LogP contribution in [-0.2, 0) is 6.54 Å². The summed E-state index contributed by atoms with van der Waals surface area (Å²) in [7, 11) is 0. The summed E-state index contributed by atoms with van der Waals surface area (Å²) in [6.07, 6.45) is 10.6. The van der Waals surface area contributed by atoms with E-state index in [1.54, 1.807) is 0 Å². The minimum Gasteiger partial charge on any atom is -0.341 e. The fraction of sp³-hybridized carbons (Fsp3) is 0.267. The molecule has 0 spiro atoms. The van der Waals surface area contributed by atoms with Crippen molar-refractivity contribution in [3.8, 4) is 11.8 Å². The Balaban J connectivity index is 1.89. The van der Waals surface area contributed by atoms with Crippen LogP contribution in [0.4, 0.5) is 0 Å². The molecule has 1 N–H and O–H groups in total. The van der Waals surface area contributed by atoms with Crippen LogP contribution in [0.2, 0.25) is 0 Å². The van der Waals surface area contributed by atoms with Crippen LogP contribution in [0.1, 0.15) is 54.6 Å². The molecular weight excluding hydrogens is 404 g/mol. The molecule has 0 saturated carbocycles. The first-order valence-corrected chi connectivity index (χ1v) is 11.6. The summed E-state index contributed by atoms with van der Waals surface area (Å²) in [6.45, 7) is 6.82. The number of nitrogens with one attached hydrogen (secondary N) is 1. The number of Topliss-reactive ketones (excluding diaryl/α,β-unsaturated/α-hetero) is 1. The van der Waals surface area contributed by atoms with Crippen molar-refractivity contribution in [3.63, 3.8) is 0 Å². The van der Waals surface area contributed by atoms with Gasteiger partial charge in [-0.05, 0) is 50.5 Å². The Morgan fingerprint density at radius 1 is 1.21 bits per heavy atom. The number of aryl methyl sites for hydroxylation is 2. The molecule has 33 heavy (non-hydrogen) atoms. The molecule has 2 aromatic carbocycles. The number of hydrogen-bond acceptors (Lipinski definition) is 2. The van der Waals surface area contributed by atoms with E-state index in [0.717, 1.165) is 51.1 Å². The molecule has 1 unspecified atom stereocenters. The van der Waals surface area contributed by atoms with E-state index in [9.17, 15) is 4.79 Å². The molecule has 0 aliphatic heterocycles. The molecule has 0 radical (unpaired) electrons. The summed E-state index contributed by atoms with van der Waals surface area (Å²) in [5.74, 6) is 5.76. The van der Waals surface area contributed by atoms with Crippen LogP contribution in [-0.4, -0.2) is 16.1 Å². The van der Waals surface area contributed by atoms with Gasteiger partial charge in [-0.25, -0.2) is 0 Å². The van der Waals surface area contributed by atoms with E-state index in [0.29, 0.717) is 18.6 Å². The van der Waals surface area contributed by atoms with E-state index in [4.69, 9.17) is 5.41 Å². The highest BCUT2D eigenvalue weighted by Crippen LogP contribution is 2.19. The molecule has 3 heteroatoms. The SMILES string of the molecule is CC#CCCC(=N)c1ccc2c(c1)c1/c(n2CC)=C\CC=CC(C(=O)c2ccccc2C)\C=1. The molecule has 0 amide bonds. The van der Waals surface area contributed by atoms with Crippen LogP contribution >= 0.6 is 0 Å². The van der Waals surface area contributed by atoms with Gasteiger partial charge in [0, 0.05) is 52.1 Å². The van der Waals surface area contributed by atoms with Crippen molar-refractivity contribution < 1.29 is 4.79 Å². The minimum absolute atomic E-state index is 0.122. The number of rotatable bonds is 6. The number of carbonyl (C=O) groups is 1. The van der Waals surface area contributed by atoms with Crippen molar-refractivity contribution in [1.82, 2.24) is 4.57 Å². The number of benzene rings is 2. The summed E-state index contributed by atoms with van der Waals surface area (Å²) in [4.78, 5) is 13.5. The van der Waals surface area contributed by atoms with Crippen molar-refractivity contribution in [2.24, 2.45) is 5.92 Å². The molecule has 1 aliphatic carbocycles. The third-order valence-corrected chi connectivity index (χ3v) is 6.34. The van der Waals surface area contributed by atoms with E-state index >= 15 is 0 Å². The Morgan fingerprint density at radius 3 is 2.79 bits per heavy atom. The second kappa shape index (κ2) is 9.88. The lowest BCUT2D eigenvalue weighted by Crippen LogP contribution is -2.31. The van der Waals surface area contributed by atoms with Gasteiger partial charge in [-0.15, -0.1) is 11.8 Å². The molecule has 0 fully saturated rings. The molecule has 1 aromatic heterocycles. The molecule has 0 saturated heterocycles. The van der Waals surface area contributed by atoms with Gasteiger partial charge in [0.25, 0.3) is 0 Å². The second-order valence-electron chi connectivity index (χ2n) is 8.42. The molecule has 0 bridgehead atoms. The van der Waals surface area contributed by atoms with Gasteiger partial charge in [0.05, 0.1) is 5.92 Å². The van der Waals surface area contributed by atoms with Crippen LogP contribution in [0.25, 0.3) is 23.1 Å². The maximum Gasteiger partial charge on any atom is 0.173 e. The number of hydrogen-bond donors (Lipinski definition) is 1. The van der Waals surface area contributed by atoms with Crippen molar-refractivity contribution >= 4 is 34.5 Å². The lowest BCUT2D eigenvalue weighted by Gasteiger charge is -2.11. The summed E-state index contributed by atoms with van der Waals surface area (Å²) >= 11 is 0. The predicted octanol–water partition coefficient (Wildman–Crippen LogP) is 5.16. The van der Waals surface area contributed by atoms with Gasteiger partial charge < -0.3 is 9.98 Å². The van der Waals surface area contributed by atoms with Crippen LogP contribution < -0.4 is 10.6 Å². The highest BCUT2D eigenvalue weighted by atomic mass is 16.1. The lowest BCUT2D eigenvalue weighted by atomic mass is 9.92. The molecule has 1 aliphatic rings. The van der Waals surface area contributed by atoms with Gasteiger partial charge in [-0.1, -0.05) is 54.6 Å². The van der Waals surface area contributed by atoms with Crippen LogP contribution in [0, 0.1) is 30.1 Å². The zero-order valence-corrected chi connectivity index (χ0v) is 19.6. The maximum absolute atomic E-state index is 13.5. The molecule has 3 aromatic rings. The molecular formula is C30H30N2O. The largest absolute Gasteiger partial charge is 0.341 e. The van der Waals surface area contributed by atoms with E-state index in [-0.39, 0.29) is 11.7 Å². The number of fused-ring (bicyclic) bond motifs is 3. The maximum atomic E-state index is 13.5. The number of aromatic nitrogens is 1. The normalized spacial score (nSPS) is 16.9. The van der Waals surface area contributed by atoms with Gasteiger partial charge in [0.1, 0.15) is 0 Å². The molecule has 1 heterocycles. The smallest absolute Gasteiger partial charge is 0.173 e. The van der Waals surface area contributed by atoms with E-state index in [1.807, 2.05) is 50.3 Å². The van der Waals surface area contributed by atoms with Crippen molar-refractivity contribution in [3.05, 3.63) is 81.9 Å². The van der Waals surface area contributed by atoms with E-state index in [2.05, 4.69) is 53.7 Å².